The first-order valence-corrected chi connectivity index (χ1v) is 13.0. The summed E-state index contributed by atoms with van der Waals surface area (Å²) in [5, 5.41) is 14.5. The van der Waals surface area contributed by atoms with E-state index in [1.165, 1.54) is 0 Å². The Hall–Kier alpha value is -3.81. The monoisotopic (exact) mass is 526 g/mol. The van der Waals surface area contributed by atoms with Crippen molar-refractivity contribution in [3.8, 4) is 0 Å². The molecule has 0 saturated carbocycles. The summed E-state index contributed by atoms with van der Waals surface area (Å²) in [5.74, 6) is 0.611. The van der Waals surface area contributed by atoms with Gasteiger partial charge in [-0.05, 0) is 85.0 Å². The lowest BCUT2D eigenvalue weighted by Crippen LogP contribution is -2.37. The van der Waals surface area contributed by atoms with Gasteiger partial charge in [0, 0.05) is 29.2 Å². The van der Waals surface area contributed by atoms with E-state index in [1.807, 2.05) is 72.3 Å². The Labute approximate surface area is 227 Å². The van der Waals surface area contributed by atoms with Gasteiger partial charge in [-0.3, -0.25) is 9.69 Å². The normalized spacial score (nSPS) is 12.8. The fourth-order valence-corrected chi connectivity index (χ4v) is 4.89. The molecule has 194 valence electrons. The molecule has 8 heteroatoms. The van der Waals surface area contributed by atoms with E-state index in [-0.39, 0.29) is 5.56 Å². The van der Waals surface area contributed by atoms with Gasteiger partial charge >= 0.3 is 0 Å². The Morgan fingerprint density at radius 3 is 2.32 bits per heavy atom. The van der Waals surface area contributed by atoms with Gasteiger partial charge < -0.3 is 4.98 Å². The molecule has 0 bridgehead atoms. The Morgan fingerprint density at radius 2 is 1.63 bits per heavy atom. The summed E-state index contributed by atoms with van der Waals surface area (Å²) in [7, 11) is 0. The number of rotatable bonds is 7. The summed E-state index contributed by atoms with van der Waals surface area (Å²) in [5.41, 5.74) is 4.14. The number of aryl methyl sites for hydroxylation is 1. The summed E-state index contributed by atoms with van der Waals surface area (Å²) in [6, 6.07) is 25.5. The maximum Gasteiger partial charge on any atom is 0.253 e. The van der Waals surface area contributed by atoms with Crippen molar-refractivity contribution in [1.29, 1.82) is 0 Å². The standard InChI is InChI=1S/C30H31ClN6O/c1-20-10-15-26-23(16-20)17-25(29(38)32-26)27(28-33-34-35-37(28)30(2,3)4)36(18-21-8-6-5-7-9-21)19-22-11-13-24(31)14-12-22/h5-17,27H,18-19H2,1-4H3,(H,32,38)/t27-/m0/s1. The molecule has 38 heavy (non-hydrogen) atoms. The van der Waals surface area contributed by atoms with Gasteiger partial charge in [-0.15, -0.1) is 5.10 Å². The van der Waals surface area contributed by atoms with E-state index in [4.69, 9.17) is 11.6 Å². The third-order valence-corrected chi connectivity index (χ3v) is 6.84. The molecule has 0 aliphatic carbocycles. The van der Waals surface area contributed by atoms with Crippen LogP contribution in [0.4, 0.5) is 0 Å². The molecule has 0 aliphatic rings. The van der Waals surface area contributed by atoms with E-state index in [9.17, 15) is 4.79 Å². The Kier molecular flexibility index (Phi) is 7.15. The number of nitrogens with one attached hydrogen (secondary N) is 1. The number of fused-ring (bicyclic) bond motifs is 1. The highest BCUT2D eigenvalue weighted by Gasteiger charge is 2.33. The van der Waals surface area contributed by atoms with Crippen LogP contribution in [-0.4, -0.2) is 30.1 Å². The van der Waals surface area contributed by atoms with Crippen LogP contribution in [-0.2, 0) is 18.6 Å². The van der Waals surface area contributed by atoms with Crippen molar-refractivity contribution < 1.29 is 0 Å². The summed E-state index contributed by atoms with van der Waals surface area (Å²) in [4.78, 5) is 19.0. The summed E-state index contributed by atoms with van der Waals surface area (Å²) < 4.78 is 1.82. The SMILES string of the molecule is Cc1ccc2[nH]c(=O)c([C@@H](c3nnnn3C(C)(C)C)N(Cc3ccccc3)Cc3ccc(Cl)cc3)cc2c1. The number of halogens is 1. The molecule has 0 saturated heterocycles. The zero-order chi connectivity index (χ0) is 26.9. The number of pyridine rings is 1. The van der Waals surface area contributed by atoms with Crippen molar-refractivity contribution in [2.45, 2.75) is 52.4 Å². The first kappa shape index (κ1) is 25.8. The van der Waals surface area contributed by atoms with Gasteiger partial charge in [-0.2, -0.15) is 0 Å². The molecule has 5 aromatic rings. The van der Waals surface area contributed by atoms with Crippen LogP contribution in [0.1, 0.15) is 54.9 Å². The van der Waals surface area contributed by atoms with Gasteiger partial charge in [0.05, 0.1) is 5.54 Å². The Balaban J connectivity index is 1.73. The fourth-order valence-electron chi connectivity index (χ4n) is 4.77. The predicted molar refractivity (Wildman–Crippen MR) is 151 cm³/mol. The van der Waals surface area contributed by atoms with Gasteiger partial charge in [0.15, 0.2) is 5.82 Å². The molecule has 0 aliphatic heterocycles. The molecule has 0 radical (unpaired) electrons. The second-order valence-corrected chi connectivity index (χ2v) is 11.1. The van der Waals surface area contributed by atoms with Crippen LogP contribution in [0.5, 0.6) is 0 Å². The van der Waals surface area contributed by atoms with Crippen LogP contribution in [0.3, 0.4) is 0 Å². The minimum absolute atomic E-state index is 0.163. The topological polar surface area (TPSA) is 79.7 Å². The minimum atomic E-state index is -0.520. The van der Waals surface area contributed by atoms with Crippen LogP contribution in [0.2, 0.25) is 5.02 Å². The molecule has 2 heterocycles. The molecule has 1 atom stereocenters. The third-order valence-electron chi connectivity index (χ3n) is 6.59. The predicted octanol–water partition coefficient (Wildman–Crippen LogP) is 6.02. The number of nitrogens with zero attached hydrogens (tertiary/aromatic N) is 5. The number of aromatic nitrogens is 5. The number of aromatic amines is 1. The number of hydrogen-bond donors (Lipinski definition) is 1. The van der Waals surface area contributed by atoms with Crippen LogP contribution in [0.15, 0.2) is 83.7 Å². The largest absolute Gasteiger partial charge is 0.322 e. The van der Waals surface area contributed by atoms with E-state index >= 15 is 0 Å². The number of H-pyrrole nitrogens is 1. The molecule has 0 unspecified atom stereocenters. The lowest BCUT2D eigenvalue weighted by atomic mass is 9.99. The maximum absolute atomic E-state index is 13.7. The molecular formula is C30H31ClN6O. The van der Waals surface area contributed by atoms with Crippen LogP contribution in [0.25, 0.3) is 10.9 Å². The van der Waals surface area contributed by atoms with Crippen molar-refractivity contribution >= 4 is 22.5 Å². The lowest BCUT2D eigenvalue weighted by Gasteiger charge is -2.33. The van der Waals surface area contributed by atoms with Crippen molar-refractivity contribution in [3.05, 3.63) is 122 Å². The zero-order valence-corrected chi connectivity index (χ0v) is 22.8. The van der Waals surface area contributed by atoms with Crippen LogP contribution < -0.4 is 5.56 Å². The fraction of sp³-hybridized carbons (Fsp3) is 0.267. The highest BCUT2D eigenvalue weighted by molar-refractivity contribution is 6.30. The molecule has 7 nitrogen and oxygen atoms in total. The molecule has 3 aromatic carbocycles. The Morgan fingerprint density at radius 1 is 0.947 bits per heavy atom. The molecule has 0 spiro atoms. The second kappa shape index (κ2) is 10.5. The maximum atomic E-state index is 13.7. The van der Waals surface area contributed by atoms with Crippen molar-refractivity contribution in [1.82, 2.24) is 30.1 Å². The van der Waals surface area contributed by atoms with Crippen molar-refractivity contribution in [2.75, 3.05) is 0 Å². The van der Waals surface area contributed by atoms with E-state index in [0.29, 0.717) is 29.5 Å². The van der Waals surface area contributed by atoms with Gasteiger partial charge in [0.2, 0.25) is 0 Å². The minimum Gasteiger partial charge on any atom is -0.322 e. The number of tetrazole rings is 1. The molecule has 1 N–H and O–H groups in total. The summed E-state index contributed by atoms with van der Waals surface area (Å²) in [6.07, 6.45) is 0. The average molecular weight is 527 g/mol. The lowest BCUT2D eigenvalue weighted by molar-refractivity contribution is 0.184. The number of hydrogen-bond acceptors (Lipinski definition) is 5. The summed E-state index contributed by atoms with van der Waals surface area (Å²) >= 11 is 6.19. The highest BCUT2D eigenvalue weighted by atomic mass is 35.5. The van der Waals surface area contributed by atoms with E-state index in [1.54, 1.807) is 0 Å². The van der Waals surface area contributed by atoms with Crippen LogP contribution in [0, 0.1) is 6.92 Å². The van der Waals surface area contributed by atoms with Crippen LogP contribution >= 0.6 is 11.6 Å². The van der Waals surface area contributed by atoms with Gasteiger partial charge in [0.1, 0.15) is 6.04 Å². The van der Waals surface area contributed by atoms with Crippen molar-refractivity contribution in [3.63, 3.8) is 0 Å². The molecule has 0 fully saturated rings. The van der Waals surface area contributed by atoms with Gasteiger partial charge in [-0.25, -0.2) is 4.68 Å². The quantitative estimate of drug-likeness (QED) is 0.280. The summed E-state index contributed by atoms with van der Waals surface area (Å²) in [6.45, 7) is 9.34. The number of benzene rings is 3. The second-order valence-electron chi connectivity index (χ2n) is 10.7. The van der Waals surface area contributed by atoms with Crippen molar-refractivity contribution in [2.24, 2.45) is 0 Å². The first-order valence-electron chi connectivity index (χ1n) is 12.6. The Bertz CT molecular complexity index is 1600. The highest BCUT2D eigenvalue weighted by Crippen LogP contribution is 2.32. The smallest absolute Gasteiger partial charge is 0.253 e. The van der Waals surface area contributed by atoms with Gasteiger partial charge in [-0.1, -0.05) is 65.7 Å². The van der Waals surface area contributed by atoms with Gasteiger partial charge in [0.25, 0.3) is 5.56 Å². The first-order chi connectivity index (χ1) is 18.2. The van der Waals surface area contributed by atoms with E-state index < -0.39 is 11.6 Å². The van der Waals surface area contributed by atoms with E-state index in [2.05, 4.69) is 64.4 Å². The molecule has 0 amide bonds. The van der Waals surface area contributed by atoms with E-state index in [0.717, 1.165) is 27.6 Å². The molecular weight excluding hydrogens is 496 g/mol. The zero-order valence-electron chi connectivity index (χ0n) is 22.0. The molecule has 2 aromatic heterocycles. The average Bonchev–Trinajstić information content (AvgIpc) is 3.37. The molecule has 5 rings (SSSR count). The third kappa shape index (κ3) is 5.54.